The molecular formula is C27H60O5S5. The van der Waals surface area contributed by atoms with Crippen molar-refractivity contribution in [1.29, 1.82) is 0 Å². The second-order valence-electron chi connectivity index (χ2n) is 8.41. The van der Waals surface area contributed by atoms with E-state index < -0.39 is 17.2 Å². The highest BCUT2D eigenvalue weighted by Crippen LogP contribution is 2.10. The molecule has 5 nitrogen and oxygen atoms in total. The number of hydrogen-bond donors (Lipinski definition) is 8. The van der Waals surface area contributed by atoms with Crippen molar-refractivity contribution in [1.82, 2.24) is 0 Å². The second kappa shape index (κ2) is 49.6. The Labute approximate surface area is 257 Å². The van der Waals surface area contributed by atoms with Crippen molar-refractivity contribution in [3.05, 3.63) is 0 Å². The molecule has 1 unspecified atom stereocenters. The number of carboxylic acid groups (broad SMARTS) is 2. The van der Waals surface area contributed by atoms with Gasteiger partial charge in [-0.2, -0.15) is 63.1 Å². The highest BCUT2D eigenvalue weighted by Gasteiger charge is 2.00. The fourth-order valence-electron chi connectivity index (χ4n) is 2.49. The number of aliphatic carboxylic acids is 2. The molecule has 0 aromatic rings. The molecule has 1 atom stereocenters. The quantitative estimate of drug-likeness (QED) is 0.0546. The van der Waals surface area contributed by atoms with Crippen LogP contribution in [0, 0.1) is 0 Å². The number of rotatable bonds is 19. The van der Waals surface area contributed by atoms with Crippen molar-refractivity contribution in [2.45, 2.75) is 129 Å². The number of aliphatic hydroxyl groups excluding tert-OH is 1. The smallest absolute Gasteiger partial charge is 0.316 e. The first kappa shape index (κ1) is 47.4. The van der Waals surface area contributed by atoms with Gasteiger partial charge in [-0.25, -0.2) is 0 Å². The van der Waals surface area contributed by atoms with Crippen LogP contribution in [-0.4, -0.2) is 62.1 Å². The first-order valence-corrected chi connectivity index (χ1v) is 16.9. The monoisotopic (exact) mass is 624 g/mol. The zero-order chi connectivity index (χ0) is 29.6. The molecule has 37 heavy (non-hydrogen) atoms. The Bertz CT molecular complexity index is 385. The molecule has 0 aromatic carbocycles. The maximum absolute atomic E-state index is 9.62. The highest BCUT2D eigenvalue weighted by molar-refractivity contribution is 7.81. The van der Waals surface area contributed by atoms with Gasteiger partial charge in [0.05, 0.1) is 17.6 Å². The van der Waals surface area contributed by atoms with Crippen molar-refractivity contribution in [3.63, 3.8) is 0 Å². The van der Waals surface area contributed by atoms with E-state index in [0.29, 0.717) is 5.75 Å². The standard InChI is InChI=1S/C12H26S.C8H18S.C3H6O2S.C2H4O2S.C2H6OS/c1-2-3-4-5-6-7-8-9-10-11-12-13;1-2-3-4-5-6-7-8-9;1-2(6)3(4)5;3-2(4)1-5;3-1-2-4/h13H,2-12H2,1H3;9H,2-8H2,1H3;2,6H,1H3,(H,4,5);5H,1H2,(H,3,4);3-4H,1-2H2. The van der Waals surface area contributed by atoms with Crippen LogP contribution in [0.2, 0.25) is 0 Å². The third kappa shape index (κ3) is 78.7. The summed E-state index contributed by atoms with van der Waals surface area (Å²) in [5, 5.41) is 22.8. The summed E-state index contributed by atoms with van der Waals surface area (Å²) in [6.45, 7) is 6.21. The summed E-state index contributed by atoms with van der Waals surface area (Å²) in [5.74, 6) is 0.856. The lowest BCUT2D eigenvalue weighted by molar-refractivity contribution is -0.136. The first-order chi connectivity index (χ1) is 17.7. The largest absolute Gasteiger partial charge is 0.481 e. The molecular weight excluding hydrogens is 565 g/mol. The number of unbranched alkanes of at least 4 members (excludes halogenated alkanes) is 14. The SMILES string of the molecule is CC(S)C(=O)O.CCCCCCCCCCCCS.CCCCCCCCS.O=C(O)CS.OCCS. The van der Waals surface area contributed by atoms with Gasteiger partial charge in [-0.1, -0.05) is 104 Å². The minimum Gasteiger partial charge on any atom is -0.481 e. The van der Waals surface area contributed by atoms with E-state index in [1.807, 2.05) is 0 Å². The van der Waals surface area contributed by atoms with Gasteiger partial charge >= 0.3 is 11.9 Å². The Morgan fingerprint density at radius 2 is 0.811 bits per heavy atom. The van der Waals surface area contributed by atoms with E-state index in [0.717, 1.165) is 11.5 Å². The Morgan fingerprint density at radius 3 is 0.946 bits per heavy atom. The molecule has 0 rings (SSSR count). The van der Waals surface area contributed by atoms with Crippen LogP contribution in [0.25, 0.3) is 0 Å². The molecule has 0 saturated carbocycles. The summed E-state index contributed by atoms with van der Waals surface area (Å²) >= 11 is 19.0. The minimum atomic E-state index is -0.881. The van der Waals surface area contributed by atoms with Crippen LogP contribution < -0.4 is 0 Å². The summed E-state index contributed by atoms with van der Waals surface area (Å²) in [7, 11) is 0. The average Bonchev–Trinajstić information content (AvgIpc) is 2.89. The molecule has 0 saturated heterocycles. The maximum atomic E-state index is 9.62. The van der Waals surface area contributed by atoms with Gasteiger partial charge in [-0.05, 0) is 31.3 Å². The summed E-state index contributed by atoms with van der Waals surface area (Å²) in [6.07, 6.45) is 22.4. The van der Waals surface area contributed by atoms with E-state index in [9.17, 15) is 9.59 Å². The van der Waals surface area contributed by atoms with E-state index in [2.05, 4.69) is 77.0 Å². The van der Waals surface area contributed by atoms with E-state index in [1.165, 1.54) is 110 Å². The van der Waals surface area contributed by atoms with E-state index >= 15 is 0 Å². The van der Waals surface area contributed by atoms with Gasteiger partial charge in [0.2, 0.25) is 0 Å². The topological polar surface area (TPSA) is 94.8 Å². The zero-order valence-electron chi connectivity index (χ0n) is 23.8. The Kier molecular flexibility index (Phi) is 63.6. The predicted octanol–water partition coefficient (Wildman–Crippen LogP) is 8.41. The Balaban J connectivity index is -0.000000124. The van der Waals surface area contributed by atoms with Crippen molar-refractivity contribution >= 4 is 75.1 Å². The molecule has 0 spiro atoms. The van der Waals surface area contributed by atoms with Crippen molar-refractivity contribution < 1.29 is 24.9 Å². The summed E-state index contributed by atoms with van der Waals surface area (Å²) in [6, 6.07) is 0. The number of hydrogen-bond acceptors (Lipinski definition) is 8. The lowest BCUT2D eigenvalue weighted by Crippen LogP contribution is -2.06. The number of carbonyl (C=O) groups is 2. The third-order valence-corrected chi connectivity index (χ3v) is 5.94. The van der Waals surface area contributed by atoms with E-state index in [4.69, 9.17) is 15.3 Å². The fourth-order valence-corrected chi connectivity index (χ4v) is 2.94. The molecule has 10 heteroatoms. The molecule has 0 aliphatic heterocycles. The van der Waals surface area contributed by atoms with Crippen LogP contribution in [0.15, 0.2) is 0 Å². The van der Waals surface area contributed by atoms with Crippen LogP contribution in [0.1, 0.15) is 124 Å². The first-order valence-electron chi connectivity index (χ1n) is 13.8. The molecule has 0 aliphatic rings. The van der Waals surface area contributed by atoms with Crippen molar-refractivity contribution in [2.24, 2.45) is 0 Å². The number of aliphatic hydroxyl groups is 1. The van der Waals surface area contributed by atoms with Gasteiger partial charge in [-0.15, -0.1) is 0 Å². The summed E-state index contributed by atoms with van der Waals surface area (Å²) in [4.78, 5) is 18.9. The normalized spacial score (nSPS) is 10.2. The molecule has 0 bridgehead atoms. The Hall–Kier alpha value is 0.650. The summed E-state index contributed by atoms with van der Waals surface area (Å²) in [5.41, 5.74) is 0. The van der Waals surface area contributed by atoms with Crippen LogP contribution in [-0.2, 0) is 9.59 Å². The highest BCUT2D eigenvalue weighted by atomic mass is 32.1. The number of thiol groups is 5. The second-order valence-corrected chi connectivity index (χ2v) is 10.8. The minimum absolute atomic E-state index is 0.0833. The van der Waals surface area contributed by atoms with Crippen molar-refractivity contribution in [3.8, 4) is 0 Å². The van der Waals surface area contributed by atoms with Crippen LogP contribution in [0.5, 0.6) is 0 Å². The van der Waals surface area contributed by atoms with Crippen LogP contribution >= 0.6 is 63.1 Å². The van der Waals surface area contributed by atoms with Crippen molar-refractivity contribution in [2.75, 3.05) is 29.6 Å². The third-order valence-electron chi connectivity index (χ3n) is 4.62. The molecule has 0 aromatic heterocycles. The lowest BCUT2D eigenvalue weighted by atomic mass is 10.1. The van der Waals surface area contributed by atoms with Gasteiger partial charge in [0.15, 0.2) is 0 Å². The van der Waals surface area contributed by atoms with E-state index in [-0.39, 0.29) is 12.4 Å². The molecule has 0 aliphatic carbocycles. The zero-order valence-corrected chi connectivity index (χ0v) is 28.3. The molecule has 228 valence electrons. The van der Waals surface area contributed by atoms with Gasteiger partial charge in [-0.3, -0.25) is 9.59 Å². The summed E-state index contributed by atoms with van der Waals surface area (Å²) < 4.78 is 0. The van der Waals surface area contributed by atoms with E-state index in [1.54, 1.807) is 0 Å². The molecule has 0 radical (unpaired) electrons. The fraction of sp³-hybridized carbons (Fsp3) is 0.926. The van der Waals surface area contributed by atoms with Crippen LogP contribution in [0.3, 0.4) is 0 Å². The van der Waals surface area contributed by atoms with Gasteiger partial charge in [0.1, 0.15) is 0 Å². The number of carboxylic acids is 2. The average molecular weight is 625 g/mol. The lowest BCUT2D eigenvalue weighted by Gasteiger charge is -2.00. The van der Waals surface area contributed by atoms with Crippen LogP contribution in [0.4, 0.5) is 0 Å². The molecule has 0 heterocycles. The van der Waals surface area contributed by atoms with Gasteiger partial charge in [0, 0.05) is 5.75 Å². The maximum Gasteiger partial charge on any atom is 0.316 e. The van der Waals surface area contributed by atoms with Gasteiger partial charge < -0.3 is 15.3 Å². The van der Waals surface area contributed by atoms with Gasteiger partial charge in [0.25, 0.3) is 0 Å². The Morgan fingerprint density at radius 1 is 0.595 bits per heavy atom. The predicted molar refractivity (Wildman–Crippen MR) is 181 cm³/mol. The molecule has 3 N–H and O–H groups in total. The molecule has 0 fully saturated rings. The molecule has 0 amide bonds.